The minimum Gasteiger partial charge on any atom is -0.494 e. The van der Waals surface area contributed by atoms with Crippen molar-refractivity contribution in [2.24, 2.45) is 5.73 Å². The number of ether oxygens (including phenoxy) is 1. The summed E-state index contributed by atoms with van der Waals surface area (Å²) in [6.07, 6.45) is 1.46. The molecule has 134 valence electrons. The average molecular weight is 347 g/mol. The van der Waals surface area contributed by atoms with Crippen molar-refractivity contribution in [3.63, 3.8) is 0 Å². The highest BCUT2D eigenvalue weighted by atomic mass is 19.1. The molecule has 7 heteroatoms. The van der Waals surface area contributed by atoms with Gasteiger partial charge in [-0.15, -0.1) is 0 Å². The number of nitrogens with two attached hydrogens (primary N) is 1. The van der Waals surface area contributed by atoms with E-state index in [0.717, 1.165) is 18.7 Å². The molecule has 0 radical (unpaired) electrons. The number of nitrogens with zero attached hydrogens (tertiary/aromatic N) is 2. The van der Waals surface area contributed by atoms with Gasteiger partial charge in [-0.1, -0.05) is 6.07 Å². The van der Waals surface area contributed by atoms with E-state index in [1.807, 2.05) is 6.07 Å². The molecule has 0 aliphatic carbocycles. The molecule has 0 unspecified atom stereocenters. The highest BCUT2D eigenvalue weighted by molar-refractivity contribution is 5.94. The summed E-state index contributed by atoms with van der Waals surface area (Å²) in [7, 11) is 1.45. The largest absolute Gasteiger partial charge is 0.494 e. The highest BCUT2D eigenvalue weighted by Crippen LogP contribution is 2.19. The zero-order valence-electron chi connectivity index (χ0n) is 14.2. The first-order valence-electron chi connectivity index (χ1n) is 8.22. The van der Waals surface area contributed by atoms with E-state index in [2.05, 4.69) is 4.90 Å². The first kappa shape index (κ1) is 17.4. The van der Waals surface area contributed by atoms with E-state index in [1.165, 1.54) is 19.4 Å². The van der Waals surface area contributed by atoms with Crippen LogP contribution in [0.2, 0.25) is 0 Å². The first-order chi connectivity index (χ1) is 12.1. The number of piperazine rings is 1. The molecule has 1 aliphatic heterocycles. The Kier molecular flexibility index (Phi) is 5.35. The molecule has 2 aromatic rings. The van der Waals surface area contributed by atoms with Crippen LogP contribution in [0, 0.1) is 5.82 Å². The van der Waals surface area contributed by atoms with Gasteiger partial charge in [-0.3, -0.25) is 9.69 Å². The molecule has 0 spiro atoms. The average Bonchev–Trinajstić information content (AvgIpc) is 3.11. The summed E-state index contributed by atoms with van der Waals surface area (Å²) in [5.74, 6) is 0.447. The van der Waals surface area contributed by atoms with E-state index in [0.29, 0.717) is 31.0 Å². The third-order valence-electron chi connectivity index (χ3n) is 4.38. The normalized spacial score (nSPS) is 15.4. The standard InChI is InChI=1S/C18H22FN3O3/c1-24-17-3-2-13(8-16(17)19)11-21-4-6-22(7-5-21)18(23)14-9-15(10-20)25-12-14/h2-3,8-9,12H,4-7,10-11,20H2,1H3. The van der Waals surface area contributed by atoms with Gasteiger partial charge in [0.2, 0.25) is 0 Å². The van der Waals surface area contributed by atoms with Crippen LogP contribution in [0.25, 0.3) is 0 Å². The Morgan fingerprint density at radius 1 is 1.28 bits per heavy atom. The van der Waals surface area contributed by atoms with Gasteiger partial charge >= 0.3 is 0 Å². The van der Waals surface area contributed by atoms with Crippen molar-refractivity contribution in [3.05, 3.63) is 53.2 Å². The molecule has 1 amide bonds. The fourth-order valence-corrected chi connectivity index (χ4v) is 2.96. The van der Waals surface area contributed by atoms with E-state index in [-0.39, 0.29) is 24.0 Å². The molecule has 2 heterocycles. The van der Waals surface area contributed by atoms with Crippen molar-refractivity contribution in [1.82, 2.24) is 9.80 Å². The van der Waals surface area contributed by atoms with Crippen molar-refractivity contribution < 1.29 is 18.3 Å². The molecule has 0 bridgehead atoms. The molecule has 0 atom stereocenters. The number of carbonyl (C=O) groups excluding carboxylic acids is 1. The molecule has 1 aromatic heterocycles. The molecule has 1 fully saturated rings. The minimum absolute atomic E-state index is 0.0430. The molecule has 1 aliphatic rings. The Morgan fingerprint density at radius 2 is 2.04 bits per heavy atom. The second-order valence-electron chi connectivity index (χ2n) is 6.04. The zero-order chi connectivity index (χ0) is 17.8. The Hall–Kier alpha value is -2.38. The van der Waals surface area contributed by atoms with Crippen LogP contribution in [0.4, 0.5) is 4.39 Å². The van der Waals surface area contributed by atoms with Crippen molar-refractivity contribution in [2.75, 3.05) is 33.3 Å². The summed E-state index contributed by atoms with van der Waals surface area (Å²) in [6.45, 7) is 3.65. The number of methoxy groups -OCH3 is 1. The van der Waals surface area contributed by atoms with Gasteiger partial charge in [0.1, 0.15) is 12.0 Å². The first-order valence-corrected chi connectivity index (χ1v) is 8.22. The molecule has 25 heavy (non-hydrogen) atoms. The van der Waals surface area contributed by atoms with Crippen LogP contribution >= 0.6 is 0 Å². The van der Waals surface area contributed by atoms with Crippen LogP contribution in [0.1, 0.15) is 21.7 Å². The van der Waals surface area contributed by atoms with E-state index in [1.54, 1.807) is 17.0 Å². The van der Waals surface area contributed by atoms with Crippen LogP contribution in [0.3, 0.4) is 0 Å². The van der Waals surface area contributed by atoms with Crippen molar-refractivity contribution >= 4 is 5.91 Å². The minimum atomic E-state index is -0.357. The number of amides is 1. The Bertz CT molecular complexity index is 739. The molecule has 6 nitrogen and oxygen atoms in total. The molecular formula is C18H22FN3O3. The molecule has 1 aromatic carbocycles. The lowest BCUT2D eigenvalue weighted by molar-refractivity contribution is 0.0627. The maximum atomic E-state index is 13.8. The molecule has 0 saturated carbocycles. The van der Waals surface area contributed by atoms with Gasteiger partial charge in [-0.05, 0) is 23.8 Å². The van der Waals surface area contributed by atoms with Gasteiger partial charge in [-0.25, -0.2) is 4.39 Å². The maximum Gasteiger partial charge on any atom is 0.257 e. The van der Waals surface area contributed by atoms with Gasteiger partial charge in [0, 0.05) is 32.7 Å². The van der Waals surface area contributed by atoms with Crippen LogP contribution in [0.5, 0.6) is 5.75 Å². The number of halogens is 1. The number of hydrogen-bond acceptors (Lipinski definition) is 5. The molecule has 1 saturated heterocycles. The second kappa shape index (κ2) is 7.67. The van der Waals surface area contributed by atoms with Crippen molar-refractivity contribution in [2.45, 2.75) is 13.1 Å². The third kappa shape index (κ3) is 4.00. The van der Waals surface area contributed by atoms with E-state index < -0.39 is 0 Å². The summed E-state index contributed by atoms with van der Waals surface area (Å²) >= 11 is 0. The molecule has 3 rings (SSSR count). The van der Waals surface area contributed by atoms with Gasteiger partial charge in [-0.2, -0.15) is 0 Å². The number of rotatable bonds is 5. The van der Waals surface area contributed by atoms with E-state index in [9.17, 15) is 9.18 Å². The quantitative estimate of drug-likeness (QED) is 0.894. The van der Waals surface area contributed by atoms with Gasteiger partial charge in [0.05, 0.1) is 19.2 Å². The maximum absolute atomic E-state index is 13.8. The Morgan fingerprint density at radius 3 is 2.64 bits per heavy atom. The second-order valence-corrected chi connectivity index (χ2v) is 6.04. The van der Waals surface area contributed by atoms with Gasteiger partial charge in [0.25, 0.3) is 5.91 Å². The third-order valence-corrected chi connectivity index (χ3v) is 4.38. The summed E-state index contributed by atoms with van der Waals surface area (Å²) in [5.41, 5.74) is 6.93. The monoisotopic (exact) mass is 347 g/mol. The van der Waals surface area contributed by atoms with E-state index in [4.69, 9.17) is 14.9 Å². The molecular weight excluding hydrogens is 325 g/mol. The summed E-state index contributed by atoms with van der Waals surface area (Å²) in [6, 6.07) is 6.68. The van der Waals surface area contributed by atoms with Crippen LogP contribution in [-0.2, 0) is 13.1 Å². The van der Waals surface area contributed by atoms with Crippen molar-refractivity contribution in [3.8, 4) is 5.75 Å². The number of benzene rings is 1. The Balaban J connectivity index is 1.54. The highest BCUT2D eigenvalue weighted by Gasteiger charge is 2.23. The Labute approximate surface area is 145 Å². The van der Waals surface area contributed by atoms with Crippen LogP contribution < -0.4 is 10.5 Å². The van der Waals surface area contributed by atoms with E-state index >= 15 is 0 Å². The predicted octanol–water partition coefficient (Wildman–Crippen LogP) is 1.84. The lowest BCUT2D eigenvalue weighted by atomic mass is 10.1. The van der Waals surface area contributed by atoms with Crippen molar-refractivity contribution in [1.29, 1.82) is 0 Å². The van der Waals surface area contributed by atoms with Gasteiger partial charge < -0.3 is 19.8 Å². The smallest absolute Gasteiger partial charge is 0.257 e. The zero-order valence-corrected chi connectivity index (χ0v) is 14.2. The SMILES string of the molecule is COc1ccc(CN2CCN(C(=O)c3coc(CN)c3)CC2)cc1F. The van der Waals surface area contributed by atoms with Crippen LogP contribution in [0.15, 0.2) is 34.9 Å². The predicted molar refractivity (Wildman–Crippen MR) is 90.7 cm³/mol. The van der Waals surface area contributed by atoms with Crippen LogP contribution in [-0.4, -0.2) is 49.0 Å². The molecule has 2 N–H and O–H groups in total. The fraction of sp³-hybridized carbons (Fsp3) is 0.389. The number of hydrogen-bond donors (Lipinski definition) is 1. The summed E-state index contributed by atoms with van der Waals surface area (Å²) in [4.78, 5) is 16.5. The fourth-order valence-electron chi connectivity index (χ4n) is 2.96. The van der Waals surface area contributed by atoms with Gasteiger partial charge in [0.15, 0.2) is 11.6 Å². The summed E-state index contributed by atoms with van der Waals surface area (Å²) < 4.78 is 23.9. The lowest BCUT2D eigenvalue weighted by Gasteiger charge is -2.34. The summed E-state index contributed by atoms with van der Waals surface area (Å²) in [5, 5.41) is 0. The topological polar surface area (TPSA) is 71.9 Å². The lowest BCUT2D eigenvalue weighted by Crippen LogP contribution is -2.48. The number of furan rings is 1. The number of carbonyl (C=O) groups is 1.